The third-order valence-corrected chi connectivity index (χ3v) is 11.9. The Morgan fingerprint density at radius 2 is 1.28 bits per heavy atom. The number of urea groups is 1. The number of ether oxygens (including phenoxy) is 10. The molecule has 1 aromatic heterocycles. The second-order valence-corrected chi connectivity index (χ2v) is 18.4. The molecule has 6 N–H and O–H groups in total. The summed E-state index contributed by atoms with van der Waals surface area (Å²) >= 11 is 1.89. The number of amides is 5. The first-order valence-electron chi connectivity index (χ1n) is 24.1. The third kappa shape index (κ3) is 26.0. The second kappa shape index (κ2) is 34.6. The monoisotopic (exact) mass is 1020 g/mol. The van der Waals surface area contributed by atoms with Gasteiger partial charge in [0, 0.05) is 48.3 Å². The molecule has 0 bridgehead atoms. The maximum atomic E-state index is 12.7. The van der Waals surface area contributed by atoms with Gasteiger partial charge in [-0.15, -0.1) is 0 Å². The van der Waals surface area contributed by atoms with Crippen LogP contribution in [0.3, 0.4) is 0 Å². The van der Waals surface area contributed by atoms with Crippen molar-refractivity contribution in [2.24, 2.45) is 0 Å². The first-order chi connectivity index (χ1) is 34.4. The van der Waals surface area contributed by atoms with Gasteiger partial charge in [-0.05, 0) is 57.9 Å². The molecule has 0 aliphatic carbocycles. The number of aliphatic carboxylic acids is 1. The van der Waals surface area contributed by atoms with E-state index in [0.29, 0.717) is 135 Å². The lowest BCUT2D eigenvalue weighted by molar-refractivity contribution is -0.142. The van der Waals surface area contributed by atoms with E-state index in [1.807, 2.05) is 11.8 Å². The highest BCUT2D eigenvalue weighted by Crippen LogP contribution is 2.33. The zero-order chi connectivity index (χ0) is 50.9. The van der Waals surface area contributed by atoms with Crippen molar-refractivity contribution in [2.45, 2.75) is 75.4 Å². The van der Waals surface area contributed by atoms with Crippen molar-refractivity contribution in [3.8, 4) is 11.6 Å². The van der Waals surface area contributed by atoms with E-state index in [1.165, 1.54) is 18.3 Å². The molecule has 1 aromatic carbocycles. The number of aromatic nitrogens is 1. The maximum Gasteiger partial charge on any atom is 0.328 e. The lowest BCUT2D eigenvalue weighted by Gasteiger charge is -2.23. The predicted octanol–water partition coefficient (Wildman–Crippen LogP) is 2.58. The van der Waals surface area contributed by atoms with Crippen LogP contribution in [0.4, 0.5) is 4.79 Å². The van der Waals surface area contributed by atoms with Crippen LogP contribution < -0.4 is 31.3 Å². The number of carboxylic acids is 1. The topological polar surface area (TPSA) is 271 Å². The number of carbonyl (C=O) groups excluding carboxylic acids is 4. The number of pyridine rings is 1. The SMILES string of the molecule is CC(C)(C)OC[C@H](NC(=O)c1ccc(Oc2cccc(C(=O)NCCOCCOCCOCCOCCOCCOCCOCCOCCNC(=O)CCCCC3SCC4NC(=O)NC43)c2)nc1)C(=O)O. The van der Waals surface area contributed by atoms with Crippen LogP contribution in [0.25, 0.3) is 0 Å². The fraction of sp³-hybridized carbons (Fsp3) is 0.667. The lowest BCUT2D eigenvalue weighted by atomic mass is 10.0. The van der Waals surface area contributed by atoms with Gasteiger partial charge >= 0.3 is 12.0 Å². The third-order valence-electron chi connectivity index (χ3n) is 10.4. The van der Waals surface area contributed by atoms with Gasteiger partial charge in [0.2, 0.25) is 11.8 Å². The van der Waals surface area contributed by atoms with E-state index in [0.717, 1.165) is 25.0 Å². The van der Waals surface area contributed by atoms with Gasteiger partial charge in [0.1, 0.15) is 5.75 Å². The second-order valence-electron chi connectivity index (χ2n) is 17.2. The smallest absolute Gasteiger partial charge is 0.328 e. The molecule has 5 amide bonds. The molecule has 3 heterocycles. The summed E-state index contributed by atoms with van der Waals surface area (Å²) in [6.45, 7) is 12.6. The summed E-state index contributed by atoms with van der Waals surface area (Å²) in [5.41, 5.74) is -0.0646. The minimum Gasteiger partial charge on any atom is -0.480 e. The number of hydrogen-bond acceptors (Lipinski definition) is 17. The summed E-state index contributed by atoms with van der Waals surface area (Å²) < 4.78 is 55.4. The van der Waals surface area contributed by atoms with Crippen LogP contribution in [-0.2, 0) is 52.2 Å². The highest BCUT2D eigenvalue weighted by Gasteiger charge is 2.42. The Morgan fingerprint density at radius 1 is 0.718 bits per heavy atom. The van der Waals surface area contributed by atoms with Crippen molar-refractivity contribution < 1.29 is 76.4 Å². The van der Waals surface area contributed by atoms with Crippen LogP contribution >= 0.6 is 11.8 Å². The molecule has 4 atom stereocenters. The quantitative estimate of drug-likeness (QED) is 0.0414. The summed E-state index contributed by atoms with van der Waals surface area (Å²) in [6.07, 6.45) is 4.54. The molecule has 23 heteroatoms. The molecule has 0 spiro atoms. The van der Waals surface area contributed by atoms with Crippen molar-refractivity contribution in [1.29, 1.82) is 0 Å². The molecule has 2 aliphatic heterocycles. The molecular formula is C48H74N6O16S. The summed E-state index contributed by atoms with van der Waals surface area (Å²) in [5, 5.41) is 23.9. The maximum absolute atomic E-state index is 12.7. The van der Waals surface area contributed by atoms with Gasteiger partial charge in [0.05, 0.1) is 136 Å². The number of thioether (sulfide) groups is 1. The van der Waals surface area contributed by atoms with E-state index in [9.17, 15) is 29.1 Å². The molecular weight excluding hydrogens is 949 g/mol. The van der Waals surface area contributed by atoms with Crippen LogP contribution in [-0.4, -0.2) is 200 Å². The molecule has 2 saturated heterocycles. The highest BCUT2D eigenvalue weighted by atomic mass is 32.2. The average molecular weight is 1020 g/mol. The van der Waals surface area contributed by atoms with E-state index >= 15 is 0 Å². The van der Waals surface area contributed by atoms with Crippen molar-refractivity contribution >= 4 is 41.5 Å². The Morgan fingerprint density at radius 3 is 1.82 bits per heavy atom. The Hall–Kier alpha value is -4.69. The number of fused-ring (bicyclic) bond motifs is 1. The molecule has 4 rings (SSSR count). The number of carbonyl (C=O) groups is 5. The molecule has 2 fully saturated rings. The first kappa shape index (κ1) is 58.9. The van der Waals surface area contributed by atoms with Crippen molar-refractivity contribution in [2.75, 3.05) is 131 Å². The Bertz CT molecular complexity index is 1860. The minimum atomic E-state index is -1.24. The molecule has 398 valence electrons. The first-order valence-corrected chi connectivity index (χ1v) is 25.2. The zero-order valence-electron chi connectivity index (χ0n) is 41.2. The zero-order valence-corrected chi connectivity index (χ0v) is 42.1. The van der Waals surface area contributed by atoms with E-state index < -0.39 is 23.5 Å². The normalized spacial score (nSPS) is 16.7. The van der Waals surface area contributed by atoms with Crippen molar-refractivity contribution in [1.82, 2.24) is 31.6 Å². The number of unbranched alkanes of at least 4 members (excludes halogenated alkanes) is 1. The lowest BCUT2D eigenvalue weighted by Crippen LogP contribution is -2.45. The van der Waals surface area contributed by atoms with Crippen molar-refractivity contribution in [3.05, 3.63) is 53.7 Å². The Labute approximate surface area is 420 Å². The van der Waals surface area contributed by atoms with Gasteiger partial charge < -0.3 is 79.1 Å². The molecule has 0 saturated carbocycles. The van der Waals surface area contributed by atoms with Gasteiger partial charge in [-0.2, -0.15) is 11.8 Å². The van der Waals surface area contributed by atoms with E-state index in [2.05, 4.69) is 31.6 Å². The average Bonchev–Trinajstić information content (AvgIpc) is 3.91. The van der Waals surface area contributed by atoms with Gasteiger partial charge in [0.15, 0.2) is 6.04 Å². The van der Waals surface area contributed by atoms with E-state index in [4.69, 9.17) is 47.4 Å². The Balaban J connectivity index is 0.842. The van der Waals surface area contributed by atoms with Crippen LogP contribution in [0.1, 0.15) is 67.2 Å². The Kier molecular flexibility index (Phi) is 28.7. The fourth-order valence-corrected chi connectivity index (χ4v) is 8.30. The van der Waals surface area contributed by atoms with Crippen LogP contribution in [0.15, 0.2) is 42.6 Å². The molecule has 3 unspecified atom stereocenters. The number of benzene rings is 1. The number of nitrogens with one attached hydrogen (secondary N) is 5. The van der Waals surface area contributed by atoms with Gasteiger partial charge in [-0.25, -0.2) is 14.6 Å². The summed E-state index contributed by atoms with van der Waals surface area (Å²) in [4.78, 5) is 64.6. The highest BCUT2D eigenvalue weighted by molar-refractivity contribution is 8.00. The molecule has 2 aromatic rings. The molecule has 2 aliphatic rings. The van der Waals surface area contributed by atoms with Gasteiger partial charge in [-0.3, -0.25) is 14.4 Å². The minimum absolute atomic E-state index is 0.0282. The van der Waals surface area contributed by atoms with Crippen LogP contribution in [0, 0.1) is 0 Å². The van der Waals surface area contributed by atoms with E-state index in [1.54, 1.807) is 45.0 Å². The van der Waals surface area contributed by atoms with Gasteiger partial charge in [-0.1, -0.05) is 12.5 Å². The largest absolute Gasteiger partial charge is 0.480 e. The molecule has 0 radical (unpaired) electrons. The van der Waals surface area contributed by atoms with Gasteiger partial charge in [0.25, 0.3) is 11.8 Å². The standard InChI is InChI=1S/C48H74N6O16S/c1-48(2,3)69-33-38(46(58)59)52-45(57)36-11-12-42(51-32-36)70-37-8-6-7-35(31-37)44(56)50-14-16-62-18-20-64-22-24-66-26-28-68-30-29-67-27-25-65-23-21-63-19-17-61-15-13-49-41(55)10-5-4-9-40-43-39(34-71-40)53-47(60)54-43/h6-8,11-12,31-32,38-40,43H,4-5,9-10,13-30,33-34H2,1-3H3,(H,49,55)(H,50,56)(H,52,57)(H,58,59)(H2,53,54,60)/t38-,39?,40?,43?/m0/s1. The fourth-order valence-electron chi connectivity index (χ4n) is 6.75. The van der Waals surface area contributed by atoms with Crippen molar-refractivity contribution in [3.63, 3.8) is 0 Å². The number of carboxylic acid groups (broad SMARTS) is 1. The summed E-state index contributed by atoms with van der Waals surface area (Å²) in [5.74, 6) is -0.658. The number of hydrogen-bond donors (Lipinski definition) is 6. The predicted molar refractivity (Wildman–Crippen MR) is 261 cm³/mol. The van der Waals surface area contributed by atoms with Crippen LogP contribution in [0.2, 0.25) is 0 Å². The van der Waals surface area contributed by atoms with Crippen LogP contribution in [0.5, 0.6) is 11.6 Å². The number of nitrogens with zero attached hydrogens (tertiary/aromatic N) is 1. The summed E-state index contributed by atoms with van der Waals surface area (Å²) in [6, 6.07) is 8.57. The molecule has 22 nitrogen and oxygen atoms in total. The number of rotatable bonds is 40. The van der Waals surface area contributed by atoms with E-state index in [-0.39, 0.29) is 54.5 Å². The molecule has 71 heavy (non-hydrogen) atoms. The summed E-state index contributed by atoms with van der Waals surface area (Å²) in [7, 11) is 0.